The number of nitro groups is 2. The van der Waals surface area contributed by atoms with E-state index in [0.717, 1.165) is 21.2 Å². The van der Waals surface area contributed by atoms with Gasteiger partial charge < -0.3 is 33.2 Å². The van der Waals surface area contributed by atoms with Crippen molar-refractivity contribution in [3.63, 3.8) is 0 Å². The number of fused-ring (bicyclic) bond motifs is 1. The van der Waals surface area contributed by atoms with Crippen molar-refractivity contribution in [1.82, 2.24) is 0 Å². The molecule has 75 heavy (non-hydrogen) atoms. The third kappa shape index (κ3) is 17.9. The van der Waals surface area contributed by atoms with E-state index in [9.17, 15) is 42.2 Å². The Bertz CT molecular complexity index is 2370. The fourth-order valence-corrected chi connectivity index (χ4v) is 10.7. The van der Waals surface area contributed by atoms with E-state index in [0.29, 0.717) is 114 Å². The molecule has 410 valence electrons. The molecule has 4 aromatic rings. The highest BCUT2D eigenvalue weighted by molar-refractivity contribution is 9.10. The number of para-hydroxylation sites is 1. The molecule has 0 radical (unpaired) electrons. The second kappa shape index (κ2) is 29.7. The van der Waals surface area contributed by atoms with Crippen molar-refractivity contribution < 1.29 is 65.0 Å². The molecule has 7 aliphatic rings. The average Bonchev–Trinajstić information content (AvgIpc) is 3.89. The molecule has 0 unspecified atom stereocenters. The highest BCUT2D eigenvalue weighted by Crippen LogP contribution is 2.43. The molecule has 10 atom stereocenters. The summed E-state index contributed by atoms with van der Waals surface area (Å²) in [6.07, 6.45) is 6.45. The smallest absolute Gasteiger partial charge is 0.275 e. The number of alkyl halides is 5. The number of nitro benzene ring substituents is 2. The molecule has 0 amide bonds. The highest BCUT2D eigenvalue weighted by atomic mass is 79.9. The Hall–Kier alpha value is -4.79. The van der Waals surface area contributed by atoms with Gasteiger partial charge in [-0.2, -0.15) is 0 Å². The van der Waals surface area contributed by atoms with Gasteiger partial charge in [0.25, 0.3) is 11.4 Å². The Balaban J connectivity index is 0.000000137. The van der Waals surface area contributed by atoms with Crippen LogP contribution in [0.4, 0.5) is 33.3 Å². The van der Waals surface area contributed by atoms with E-state index in [2.05, 4.69) is 15.9 Å². The molecule has 1 aliphatic carbocycles. The first kappa shape index (κ1) is 57.9. The molecule has 6 heterocycles. The Morgan fingerprint density at radius 3 is 1.44 bits per heavy atom. The Labute approximate surface area is 443 Å². The number of nitrogens with zero attached hydrogens (tertiary/aromatic N) is 2. The number of benzene rings is 4. The van der Waals surface area contributed by atoms with Crippen LogP contribution in [-0.4, -0.2) is 86.6 Å². The minimum Gasteiger partial charge on any atom is -0.454 e. The van der Waals surface area contributed by atoms with E-state index < -0.39 is 46.8 Å². The van der Waals surface area contributed by atoms with Crippen LogP contribution in [0, 0.1) is 26.1 Å². The summed E-state index contributed by atoms with van der Waals surface area (Å²) in [5.41, 5.74) is 3.32. The Morgan fingerprint density at radius 2 is 0.920 bits per heavy atom. The van der Waals surface area contributed by atoms with E-state index >= 15 is 0 Å². The fraction of sp³-hybridized carbons (Fsp3) is 0.571. The fourth-order valence-electron chi connectivity index (χ4n) is 10.1. The molecule has 19 heteroatoms. The summed E-state index contributed by atoms with van der Waals surface area (Å²) in [6, 6.07) is 26.0. The summed E-state index contributed by atoms with van der Waals surface area (Å²) in [6.45, 7) is 2.61. The minimum absolute atomic E-state index is 0.00148. The van der Waals surface area contributed by atoms with Gasteiger partial charge in [0.2, 0.25) is 6.79 Å². The highest BCUT2D eigenvalue weighted by Gasteiger charge is 2.32. The molecular weight excluding hydrogens is 1050 g/mol. The Morgan fingerprint density at radius 1 is 0.467 bits per heavy atom. The lowest BCUT2D eigenvalue weighted by Crippen LogP contribution is -2.33. The second-order valence-corrected chi connectivity index (χ2v) is 20.5. The van der Waals surface area contributed by atoms with Gasteiger partial charge in [0.05, 0.1) is 72.4 Å². The summed E-state index contributed by atoms with van der Waals surface area (Å²) in [5, 5.41) is 21.3. The van der Waals surface area contributed by atoms with Crippen molar-refractivity contribution in [2.24, 2.45) is 5.92 Å². The first-order valence-corrected chi connectivity index (χ1v) is 27.0. The van der Waals surface area contributed by atoms with Crippen LogP contribution in [0.2, 0.25) is 0 Å². The van der Waals surface area contributed by atoms with Crippen LogP contribution in [0.5, 0.6) is 11.5 Å². The molecule has 5 saturated heterocycles. The van der Waals surface area contributed by atoms with Gasteiger partial charge in [-0.25, -0.2) is 22.0 Å². The van der Waals surface area contributed by atoms with Crippen LogP contribution < -0.4 is 9.47 Å². The summed E-state index contributed by atoms with van der Waals surface area (Å²) >= 11 is 3.47. The zero-order valence-electron chi connectivity index (χ0n) is 42.0. The molecule has 0 bridgehead atoms. The molecular formula is C56H68BrF5N2O11. The minimum atomic E-state index is -0.932. The average molecular weight is 1120 g/mol. The summed E-state index contributed by atoms with van der Waals surface area (Å²) in [4.78, 5) is 20.3. The molecule has 11 rings (SSSR count). The molecule has 6 fully saturated rings. The molecule has 13 nitrogen and oxygen atoms in total. The predicted molar refractivity (Wildman–Crippen MR) is 275 cm³/mol. The number of hydrogen-bond acceptors (Lipinski definition) is 11. The van der Waals surface area contributed by atoms with Crippen molar-refractivity contribution in [1.29, 1.82) is 0 Å². The van der Waals surface area contributed by atoms with Gasteiger partial charge in [0, 0.05) is 93.5 Å². The first-order chi connectivity index (χ1) is 36.3. The van der Waals surface area contributed by atoms with Gasteiger partial charge in [0.1, 0.15) is 30.9 Å². The van der Waals surface area contributed by atoms with Gasteiger partial charge in [-0.3, -0.25) is 20.2 Å². The largest absolute Gasteiger partial charge is 0.454 e. The van der Waals surface area contributed by atoms with E-state index in [1.807, 2.05) is 42.5 Å². The standard InChI is InChI=1S/C12H12BrFO3.2C11H12FNO3.C11H19FO.C11H13FO/c13-9-5-12-11(16-6-17-12)4-8(9)10-3-7(14)1-2-15-10;12-9-5-6-16-11(7-9)8-1-3-10(4-2-8)13(14)15;12-8-5-6-16-11(7-8)9-3-1-2-4-10(9)13(14)15;2*12-10-6-7-13-11(8-10)9-4-2-1-3-5-9/h4-5,7,10H,1-3,6H2;1-4,9,11H,5-7H2;1-4,8,11H,5-7H2;9-11H,1-8H2;1-5,10-11H,6-8H2/t7-,10+;9-,11+;8-,11+;2*10-,11+/m00000/s1. The van der Waals surface area contributed by atoms with Crippen LogP contribution in [0.1, 0.15) is 143 Å². The quantitative estimate of drug-likeness (QED) is 0.0988. The maximum Gasteiger partial charge on any atom is 0.275 e. The Kier molecular flexibility index (Phi) is 22.9. The summed E-state index contributed by atoms with van der Waals surface area (Å²) in [7, 11) is 0. The van der Waals surface area contributed by atoms with Gasteiger partial charge in [-0.1, -0.05) is 77.7 Å². The van der Waals surface area contributed by atoms with E-state index in [-0.39, 0.29) is 49.0 Å². The predicted octanol–water partition coefficient (Wildman–Crippen LogP) is 14.9. The summed E-state index contributed by atoms with van der Waals surface area (Å²) < 4.78 is 105. The zero-order chi connectivity index (χ0) is 53.1. The van der Waals surface area contributed by atoms with Gasteiger partial charge in [-0.05, 0) is 65.8 Å². The third-order valence-corrected chi connectivity index (χ3v) is 15.0. The molecule has 0 aromatic heterocycles. The topological polar surface area (TPSA) is 151 Å². The zero-order valence-corrected chi connectivity index (χ0v) is 43.6. The van der Waals surface area contributed by atoms with Crippen LogP contribution in [0.25, 0.3) is 0 Å². The van der Waals surface area contributed by atoms with Crippen molar-refractivity contribution in [2.75, 3.05) is 39.8 Å². The van der Waals surface area contributed by atoms with Crippen LogP contribution in [-0.2, 0) is 23.7 Å². The number of rotatable bonds is 7. The molecule has 1 saturated carbocycles. The van der Waals surface area contributed by atoms with Crippen molar-refractivity contribution in [3.8, 4) is 11.5 Å². The normalized spacial score (nSPS) is 28.5. The molecule has 0 N–H and O–H groups in total. The maximum atomic E-state index is 13.4. The van der Waals surface area contributed by atoms with Gasteiger partial charge >= 0.3 is 0 Å². The number of hydrogen-bond donors (Lipinski definition) is 0. The molecule has 0 spiro atoms. The SMILES string of the molecule is F[C@H]1CCO[C@@H](C2CCCCC2)C1.F[C@H]1CCO[C@@H](c2cc3c(cc2Br)OCO3)C1.F[C@H]1CCO[C@@H](c2ccccc2)C1.O=[N+]([O-])c1ccc([C@H]2C[C@@H](F)CCO2)cc1.O=[N+]([O-])c1ccccc1[C@H]1C[C@@H](F)CCO1. The van der Waals surface area contributed by atoms with E-state index in [4.69, 9.17) is 33.2 Å². The van der Waals surface area contributed by atoms with Crippen LogP contribution >= 0.6 is 15.9 Å². The van der Waals surface area contributed by atoms with Crippen LogP contribution in [0.15, 0.2) is 95.5 Å². The monoisotopic (exact) mass is 1120 g/mol. The third-order valence-electron chi connectivity index (χ3n) is 14.3. The number of halogens is 6. The number of non-ortho nitro benzene ring substituents is 1. The van der Waals surface area contributed by atoms with E-state index in [1.165, 1.54) is 50.3 Å². The van der Waals surface area contributed by atoms with Gasteiger partial charge in [-0.15, -0.1) is 0 Å². The molecule has 6 aliphatic heterocycles. The van der Waals surface area contributed by atoms with E-state index in [1.54, 1.807) is 30.3 Å². The lowest BCUT2D eigenvalue weighted by molar-refractivity contribution is -0.386. The first-order valence-electron chi connectivity index (χ1n) is 26.2. The van der Waals surface area contributed by atoms with Crippen molar-refractivity contribution >= 4 is 27.3 Å². The van der Waals surface area contributed by atoms with Gasteiger partial charge in [0.15, 0.2) is 11.5 Å². The summed E-state index contributed by atoms with van der Waals surface area (Å²) in [5.74, 6) is 2.08. The maximum absolute atomic E-state index is 13.4. The van der Waals surface area contributed by atoms with Crippen molar-refractivity contribution in [2.45, 2.75) is 158 Å². The van der Waals surface area contributed by atoms with Crippen molar-refractivity contribution in [3.05, 3.63) is 138 Å². The lowest BCUT2D eigenvalue weighted by atomic mass is 9.82. The number of ether oxygens (including phenoxy) is 7. The van der Waals surface area contributed by atoms with Crippen LogP contribution in [0.3, 0.4) is 0 Å². The lowest BCUT2D eigenvalue weighted by Gasteiger charge is -2.34. The second-order valence-electron chi connectivity index (χ2n) is 19.7. The molecule has 4 aromatic carbocycles.